The Hall–Kier alpha value is -3.27. The first-order valence-corrected chi connectivity index (χ1v) is 12.0. The van der Waals surface area contributed by atoms with Gasteiger partial charge in [0.25, 0.3) is 5.91 Å². The van der Waals surface area contributed by atoms with Crippen molar-refractivity contribution in [1.29, 1.82) is 0 Å². The van der Waals surface area contributed by atoms with E-state index in [1.165, 1.54) is 23.5 Å². The van der Waals surface area contributed by atoms with E-state index in [1.807, 2.05) is 55.5 Å². The average Bonchev–Trinajstić information content (AvgIpc) is 2.79. The number of hydrogen-bond acceptors (Lipinski definition) is 5. The monoisotopic (exact) mass is 483 g/mol. The van der Waals surface area contributed by atoms with Gasteiger partial charge in [-0.1, -0.05) is 48.5 Å². The zero-order chi connectivity index (χ0) is 23.8. The largest absolute Gasteiger partial charge is 0.483 e. The highest BCUT2D eigenvalue weighted by atomic mass is 32.2. The quantitative estimate of drug-likeness (QED) is 0.475. The van der Waals surface area contributed by atoms with E-state index in [1.54, 1.807) is 18.2 Å². The Balaban J connectivity index is 1.53. The highest BCUT2D eigenvalue weighted by Crippen LogP contribution is 2.19. The van der Waals surface area contributed by atoms with Crippen LogP contribution in [0, 0.1) is 6.92 Å². The molecule has 0 bridgehead atoms. The van der Waals surface area contributed by atoms with Gasteiger partial charge >= 0.3 is 0 Å². The minimum absolute atomic E-state index is 0.0881. The predicted octanol–water partition coefficient (Wildman–Crippen LogP) is 3.71. The Morgan fingerprint density at radius 2 is 1.61 bits per heavy atom. The van der Waals surface area contributed by atoms with Crippen LogP contribution in [0.1, 0.15) is 11.1 Å². The molecule has 0 heterocycles. The first-order valence-electron chi connectivity index (χ1n) is 10.2. The van der Waals surface area contributed by atoms with Crippen LogP contribution in [0.5, 0.6) is 5.75 Å². The maximum Gasteiger partial charge on any atom is 0.264 e. The number of anilines is 1. The molecule has 0 fully saturated rings. The van der Waals surface area contributed by atoms with E-state index in [-0.39, 0.29) is 23.2 Å². The second-order valence-electron chi connectivity index (χ2n) is 7.33. The van der Waals surface area contributed by atoms with E-state index in [9.17, 15) is 13.2 Å². The van der Waals surface area contributed by atoms with Crippen molar-refractivity contribution in [2.24, 2.45) is 0 Å². The number of hydrogen-bond donors (Lipinski definition) is 2. The molecule has 2 N–H and O–H groups in total. The van der Waals surface area contributed by atoms with Gasteiger partial charge in [0.2, 0.25) is 10.0 Å². The van der Waals surface area contributed by atoms with Crippen molar-refractivity contribution in [3.05, 3.63) is 90.0 Å². The van der Waals surface area contributed by atoms with Gasteiger partial charge in [-0.25, -0.2) is 8.42 Å². The van der Waals surface area contributed by atoms with Crippen LogP contribution < -0.4 is 15.4 Å². The molecule has 3 aromatic carbocycles. The molecule has 0 saturated carbocycles. The van der Waals surface area contributed by atoms with Gasteiger partial charge in [0.15, 0.2) is 11.7 Å². The fraction of sp³-hybridized carbons (Fsp3) is 0.167. The van der Waals surface area contributed by atoms with Crippen molar-refractivity contribution in [3.63, 3.8) is 0 Å². The first kappa shape index (κ1) is 24.4. The molecule has 3 rings (SSSR count). The van der Waals surface area contributed by atoms with Gasteiger partial charge in [0, 0.05) is 19.3 Å². The molecule has 172 valence electrons. The van der Waals surface area contributed by atoms with Crippen LogP contribution in [-0.2, 0) is 21.4 Å². The van der Waals surface area contributed by atoms with Crippen molar-refractivity contribution >= 4 is 38.9 Å². The van der Waals surface area contributed by atoms with Crippen molar-refractivity contribution in [2.75, 3.05) is 19.0 Å². The second kappa shape index (κ2) is 11.0. The topological polar surface area (TPSA) is 87.7 Å². The van der Waals surface area contributed by atoms with Crippen molar-refractivity contribution in [1.82, 2.24) is 9.62 Å². The minimum atomic E-state index is -3.65. The van der Waals surface area contributed by atoms with E-state index in [4.69, 9.17) is 17.0 Å². The minimum Gasteiger partial charge on any atom is -0.483 e. The number of aryl methyl sites for hydroxylation is 1. The smallest absolute Gasteiger partial charge is 0.264 e. The summed E-state index contributed by atoms with van der Waals surface area (Å²) in [6.07, 6.45) is 0. The summed E-state index contributed by atoms with van der Waals surface area (Å²) in [5, 5.41) is 5.49. The zero-order valence-electron chi connectivity index (χ0n) is 18.3. The third kappa shape index (κ3) is 6.85. The van der Waals surface area contributed by atoms with Crippen LogP contribution in [0.2, 0.25) is 0 Å². The van der Waals surface area contributed by atoms with Crippen LogP contribution in [0.4, 0.5) is 5.69 Å². The zero-order valence-corrected chi connectivity index (χ0v) is 19.9. The number of rotatable bonds is 8. The van der Waals surface area contributed by atoms with Crippen molar-refractivity contribution in [2.45, 2.75) is 18.4 Å². The molecule has 0 unspecified atom stereocenters. The number of thiocarbonyl (C=S) groups is 1. The number of sulfonamides is 1. The van der Waals surface area contributed by atoms with Crippen LogP contribution >= 0.6 is 12.2 Å². The number of benzene rings is 3. The summed E-state index contributed by atoms with van der Waals surface area (Å²) in [6, 6.07) is 22.9. The normalized spacial score (nSPS) is 11.1. The summed E-state index contributed by atoms with van der Waals surface area (Å²) in [5.41, 5.74) is 2.37. The summed E-state index contributed by atoms with van der Waals surface area (Å²) >= 11 is 5.16. The molecule has 0 radical (unpaired) electrons. The molecule has 0 aliphatic carbocycles. The molecule has 0 aliphatic rings. The molecular weight excluding hydrogens is 458 g/mol. The number of para-hydroxylation sites is 1. The molecular formula is C24H25N3O4S2. The molecule has 0 saturated heterocycles. The Morgan fingerprint density at radius 3 is 2.27 bits per heavy atom. The summed E-state index contributed by atoms with van der Waals surface area (Å²) in [4.78, 5) is 12.3. The van der Waals surface area contributed by atoms with Crippen LogP contribution in [0.15, 0.2) is 83.8 Å². The lowest BCUT2D eigenvalue weighted by Crippen LogP contribution is -2.37. The number of carbonyl (C=O) groups excluding carboxylic acids is 1. The maximum atomic E-state index is 12.8. The third-order valence-electron chi connectivity index (χ3n) is 4.77. The summed E-state index contributed by atoms with van der Waals surface area (Å²) in [7, 11) is -2.11. The summed E-state index contributed by atoms with van der Waals surface area (Å²) < 4.78 is 32.5. The van der Waals surface area contributed by atoms with E-state index < -0.39 is 15.9 Å². The number of amides is 1. The van der Waals surface area contributed by atoms with Gasteiger partial charge in [-0.3, -0.25) is 10.1 Å². The van der Waals surface area contributed by atoms with Crippen molar-refractivity contribution < 1.29 is 17.9 Å². The highest BCUT2D eigenvalue weighted by Gasteiger charge is 2.20. The second-order valence-corrected chi connectivity index (χ2v) is 9.78. The number of ether oxygens (including phenoxy) is 1. The molecule has 7 nitrogen and oxygen atoms in total. The molecule has 3 aromatic rings. The van der Waals surface area contributed by atoms with E-state index in [2.05, 4.69) is 10.6 Å². The lowest BCUT2D eigenvalue weighted by atomic mass is 10.2. The van der Waals surface area contributed by atoms with Gasteiger partial charge in [-0.2, -0.15) is 4.31 Å². The number of nitrogens with zero attached hydrogens (tertiary/aromatic N) is 1. The Bertz CT molecular complexity index is 1210. The molecule has 0 spiro atoms. The molecule has 0 aliphatic heterocycles. The highest BCUT2D eigenvalue weighted by molar-refractivity contribution is 7.89. The molecule has 1 amide bonds. The van der Waals surface area contributed by atoms with Gasteiger partial charge in [0.1, 0.15) is 5.75 Å². The lowest BCUT2D eigenvalue weighted by Gasteiger charge is -2.18. The van der Waals surface area contributed by atoms with Crippen LogP contribution in [-0.4, -0.2) is 37.4 Å². The first-order chi connectivity index (χ1) is 15.8. The van der Waals surface area contributed by atoms with Gasteiger partial charge in [0.05, 0.1) is 4.90 Å². The Labute approximate surface area is 199 Å². The predicted molar refractivity (Wildman–Crippen MR) is 133 cm³/mol. The summed E-state index contributed by atoms with van der Waals surface area (Å²) in [5.74, 6) is 0.220. The van der Waals surface area contributed by atoms with Gasteiger partial charge in [-0.15, -0.1) is 0 Å². The molecule has 33 heavy (non-hydrogen) atoms. The van der Waals surface area contributed by atoms with Crippen molar-refractivity contribution in [3.8, 4) is 5.75 Å². The fourth-order valence-electron chi connectivity index (χ4n) is 3.00. The molecule has 0 atom stereocenters. The van der Waals surface area contributed by atoms with E-state index in [0.717, 1.165) is 11.1 Å². The maximum absolute atomic E-state index is 12.8. The number of carbonyl (C=O) groups is 1. The standard InChI is InChI=1S/C24H25N3O4S2/c1-18-8-6-7-11-22(18)31-17-23(28)26-24(32)25-20-12-14-21(15-13-20)33(29,30)27(2)16-19-9-4-3-5-10-19/h3-15H,16-17H2,1-2H3,(H2,25,26,28,32). The molecule has 9 heteroatoms. The lowest BCUT2D eigenvalue weighted by molar-refractivity contribution is -0.121. The van der Waals surface area contributed by atoms with E-state index in [0.29, 0.717) is 11.4 Å². The van der Waals surface area contributed by atoms with Gasteiger partial charge < -0.3 is 10.1 Å². The van der Waals surface area contributed by atoms with Crippen LogP contribution in [0.25, 0.3) is 0 Å². The van der Waals surface area contributed by atoms with Crippen LogP contribution in [0.3, 0.4) is 0 Å². The Morgan fingerprint density at radius 1 is 0.970 bits per heavy atom. The number of nitrogens with one attached hydrogen (secondary N) is 2. The summed E-state index contributed by atoms with van der Waals surface area (Å²) in [6.45, 7) is 1.98. The SMILES string of the molecule is Cc1ccccc1OCC(=O)NC(=S)Nc1ccc(S(=O)(=O)N(C)Cc2ccccc2)cc1. The average molecular weight is 484 g/mol. The van der Waals surface area contributed by atoms with E-state index >= 15 is 0 Å². The fourth-order valence-corrected chi connectivity index (χ4v) is 4.39. The third-order valence-corrected chi connectivity index (χ3v) is 6.80. The Kier molecular flexibility index (Phi) is 8.16. The van der Waals surface area contributed by atoms with Gasteiger partial charge in [-0.05, 0) is 60.6 Å². The molecule has 0 aromatic heterocycles.